The van der Waals surface area contributed by atoms with Gasteiger partial charge in [0.15, 0.2) is 0 Å². The average molecular weight is 674 g/mol. The summed E-state index contributed by atoms with van der Waals surface area (Å²) < 4.78 is 2.32. The second kappa shape index (κ2) is 9.23. The molecule has 0 bridgehead atoms. The van der Waals surface area contributed by atoms with Gasteiger partial charge in [-0.2, -0.15) is 0 Å². The molecule has 0 nitrogen and oxygen atoms in total. The van der Waals surface area contributed by atoms with Crippen LogP contribution in [0.2, 0.25) is 0 Å². The Balaban J connectivity index is 0.00000225. The number of hydrogen-bond acceptors (Lipinski definition) is 0. The molecule has 132 valence electrons. The Hall–Kier alpha value is -0.0677. The van der Waals surface area contributed by atoms with Gasteiger partial charge in [-0.3, -0.25) is 0 Å². The maximum absolute atomic E-state index is 6.69. The second-order valence-corrected chi connectivity index (χ2v) is 40.5. The van der Waals surface area contributed by atoms with Gasteiger partial charge in [-0.15, -0.1) is 0 Å². The molecule has 0 aliphatic carbocycles. The first-order valence-corrected chi connectivity index (χ1v) is 25.2. The molecule has 5 heteroatoms. The topological polar surface area (TPSA) is 0 Å². The molecule has 0 aliphatic heterocycles. The Morgan fingerprint density at radius 1 is 0.640 bits per heavy atom. The van der Waals surface area contributed by atoms with Crippen molar-refractivity contribution in [2.24, 2.45) is 0 Å². The average Bonchev–Trinajstić information content (AvgIpc) is 2.61. The Kier molecular flexibility index (Phi) is 7.84. The van der Waals surface area contributed by atoms with E-state index in [4.69, 9.17) is 19.1 Å². The third kappa shape index (κ3) is 5.01. The molecule has 0 aromatic heterocycles. The van der Waals surface area contributed by atoms with E-state index in [2.05, 4.69) is 115 Å². The minimum atomic E-state index is -3.19. The van der Waals surface area contributed by atoms with Crippen molar-refractivity contribution >= 4 is 66.0 Å². The van der Waals surface area contributed by atoms with Crippen molar-refractivity contribution in [3.63, 3.8) is 0 Å². The molecule has 0 amide bonds. The van der Waals surface area contributed by atoms with Gasteiger partial charge in [0.25, 0.3) is 0 Å². The first-order chi connectivity index (χ1) is 11.5. The summed E-state index contributed by atoms with van der Waals surface area (Å²) in [4.78, 5) is 0. The zero-order valence-corrected chi connectivity index (χ0v) is 21.0. The SMILES string of the molecule is [CH3-].[Cl][Re]([Cl])([I])=[CH][P+](c1ccccc1)(c1ccccc1)c1ccccc1. The number of hydrogen-bond donors (Lipinski definition) is 0. The van der Waals surface area contributed by atoms with Gasteiger partial charge >= 0.3 is 166 Å². The van der Waals surface area contributed by atoms with Gasteiger partial charge in [-0.05, 0) is 0 Å². The van der Waals surface area contributed by atoms with E-state index < -0.39 is 16.7 Å². The van der Waals surface area contributed by atoms with E-state index in [0.717, 1.165) is 0 Å². The molecule has 3 aromatic rings. The molecular formula is C20H19Cl2IPRe. The van der Waals surface area contributed by atoms with Gasteiger partial charge in [0.1, 0.15) is 0 Å². The molecular weight excluding hydrogens is 655 g/mol. The first kappa shape index (κ1) is 21.2. The molecule has 0 saturated heterocycles. The summed E-state index contributed by atoms with van der Waals surface area (Å²) >= 11 is 2.29. The summed E-state index contributed by atoms with van der Waals surface area (Å²) in [7, 11) is 8.21. The van der Waals surface area contributed by atoms with Crippen LogP contribution in [-0.4, -0.2) is 4.23 Å². The Bertz CT molecular complexity index is 744. The quantitative estimate of drug-likeness (QED) is 0.181. The summed E-state index contributed by atoms with van der Waals surface area (Å²) in [6.07, 6.45) is 0. The minimum absolute atomic E-state index is 0. The zero-order chi connectivity index (χ0) is 17.0. The van der Waals surface area contributed by atoms with E-state index in [1.807, 2.05) is 0 Å². The van der Waals surface area contributed by atoms with E-state index in [0.29, 0.717) is 0 Å². The molecule has 0 heterocycles. The van der Waals surface area contributed by atoms with E-state index in [1.54, 1.807) is 0 Å². The van der Waals surface area contributed by atoms with Crippen LogP contribution in [0.4, 0.5) is 0 Å². The number of benzene rings is 3. The fourth-order valence-corrected chi connectivity index (χ4v) is 26.7. The fourth-order valence-electron chi connectivity index (χ4n) is 2.77. The molecule has 3 rings (SSSR count). The number of halogens is 3. The van der Waals surface area contributed by atoms with Crippen LogP contribution >= 0.6 is 45.8 Å². The Morgan fingerprint density at radius 2 is 0.920 bits per heavy atom. The Labute approximate surface area is 172 Å². The summed E-state index contributed by atoms with van der Waals surface area (Å²) in [5, 5.41) is 3.87. The van der Waals surface area contributed by atoms with Gasteiger partial charge in [0, 0.05) is 0 Å². The zero-order valence-electron chi connectivity index (χ0n) is 13.7. The van der Waals surface area contributed by atoms with Crippen LogP contribution < -0.4 is 15.9 Å². The molecule has 0 radical (unpaired) electrons. The standard InChI is InChI=1S/C19H16P.CH3.2ClH.HI.Re/c1-20(17-11-5-2-6-12-17,18-13-7-3-8-14-18)19-15-9-4-10-16-19;;;;;/h1-16H;1H3;3*1H;/q+1;-1;;;;+3/p-3. The van der Waals surface area contributed by atoms with Gasteiger partial charge in [-0.1, -0.05) is 0 Å². The Morgan fingerprint density at radius 3 is 1.16 bits per heavy atom. The van der Waals surface area contributed by atoms with Crippen LogP contribution in [0.25, 0.3) is 0 Å². The van der Waals surface area contributed by atoms with E-state index in [9.17, 15) is 0 Å². The van der Waals surface area contributed by atoms with Crippen molar-refractivity contribution in [1.29, 1.82) is 0 Å². The van der Waals surface area contributed by atoms with Crippen molar-refractivity contribution in [2.75, 3.05) is 0 Å². The van der Waals surface area contributed by atoms with Crippen LogP contribution in [-0.2, 0) is 9.43 Å². The summed E-state index contributed by atoms with van der Waals surface area (Å²) in [5.41, 5.74) is 0. The monoisotopic (exact) mass is 674 g/mol. The molecule has 0 aliphatic rings. The summed E-state index contributed by atoms with van der Waals surface area (Å²) in [6.45, 7) is 0. The predicted molar refractivity (Wildman–Crippen MR) is 123 cm³/mol. The molecule has 3 aromatic carbocycles. The normalized spacial score (nSPS) is 12.1. The van der Waals surface area contributed by atoms with E-state index >= 15 is 0 Å². The van der Waals surface area contributed by atoms with Crippen LogP contribution in [0.1, 0.15) is 0 Å². The van der Waals surface area contributed by atoms with Crippen LogP contribution in [0.15, 0.2) is 91.0 Å². The van der Waals surface area contributed by atoms with Crippen molar-refractivity contribution < 1.29 is 9.43 Å². The maximum atomic E-state index is 6.69. The molecule has 0 atom stereocenters. The predicted octanol–water partition coefficient (Wildman–Crippen LogP) is 6.00. The molecule has 25 heavy (non-hydrogen) atoms. The van der Waals surface area contributed by atoms with Crippen LogP contribution in [0.5, 0.6) is 0 Å². The van der Waals surface area contributed by atoms with Gasteiger partial charge < -0.3 is 7.43 Å². The van der Waals surface area contributed by atoms with Crippen molar-refractivity contribution in [3.05, 3.63) is 98.4 Å². The third-order valence-corrected chi connectivity index (χ3v) is 21.9. The number of rotatable bonds is 4. The van der Waals surface area contributed by atoms with Gasteiger partial charge in [0.05, 0.1) is 0 Å². The second-order valence-electron chi connectivity index (χ2n) is 5.24. The van der Waals surface area contributed by atoms with Crippen molar-refractivity contribution in [1.82, 2.24) is 0 Å². The van der Waals surface area contributed by atoms with E-state index in [-0.39, 0.29) is 7.43 Å². The molecule has 0 N–H and O–H groups in total. The molecule has 0 saturated carbocycles. The van der Waals surface area contributed by atoms with E-state index in [1.165, 1.54) is 15.9 Å². The molecule has 0 fully saturated rings. The first-order valence-electron chi connectivity index (χ1n) is 7.31. The molecule has 0 unspecified atom stereocenters. The van der Waals surface area contributed by atoms with Gasteiger partial charge in [0.2, 0.25) is 0 Å². The van der Waals surface area contributed by atoms with Crippen LogP contribution in [0, 0.1) is 7.43 Å². The van der Waals surface area contributed by atoms with Crippen molar-refractivity contribution in [2.45, 2.75) is 0 Å². The van der Waals surface area contributed by atoms with Crippen LogP contribution in [0.3, 0.4) is 0 Å². The third-order valence-electron chi connectivity index (χ3n) is 3.75. The molecule has 0 spiro atoms. The fraction of sp³-hybridized carbons (Fsp3) is 0. The summed E-state index contributed by atoms with van der Waals surface area (Å²) in [5.74, 6) is 0. The summed E-state index contributed by atoms with van der Waals surface area (Å²) in [6, 6.07) is 31.9. The van der Waals surface area contributed by atoms with Crippen molar-refractivity contribution in [3.8, 4) is 0 Å². The van der Waals surface area contributed by atoms with Gasteiger partial charge in [-0.25, -0.2) is 0 Å².